The zero-order chi connectivity index (χ0) is 18.4. The van der Waals surface area contributed by atoms with Crippen LogP contribution in [0.1, 0.15) is 52.1 Å². The van der Waals surface area contributed by atoms with Gasteiger partial charge in [-0.15, -0.1) is 36.2 Å². The maximum absolute atomic E-state index is 12.7. The second-order valence-electron chi connectivity index (χ2n) is 6.57. The molecule has 1 saturated carbocycles. The van der Waals surface area contributed by atoms with E-state index >= 15 is 0 Å². The molecule has 0 saturated heterocycles. The quantitative estimate of drug-likeness (QED) is 0.629. The predicted octanol–water partition coefficient (Wildman–Crippen LogP) is 3.88. The van der Waals surface area contributed by atoms with E-state index in [0.717, 1.165) is 12.8 Å². The minimum atomic E-state index is -0.262. The lowest BCUT2D eigenvalue weighted by molar-refractivity contribution is 0.0920. The van der Waals surface area contributed by atoms with Gasteiger partial charge in [0.05, 0.1) is 5.69 Å². The Balaban J connectivity index is 0.00000196. The molecular weight excluding hydrogens is 419 g/mol. The molecule has 6 nitrogen and oxygen atoms in total. The van der Waals surface area contributed by atoms with Crippen LogP contribution >= 0.6 is 36.2 Å². The minimum absolute atomic E-state index is 0. The van der Waals surface area contributed by atoms with Gasteiger partial charge in [0.15, 0.2) is 0 Å². The topological polar surface area (TPSA) is 97.1 Å². The van der Waals surface area contributed by atoms with E-state index in [1.807, 2.05) is 0 Å². The fourth-order valence-electron chi connectivity index (χ4n) is 3.42. The average molecular weight is 445 g/mol. The highest BCUT2D eigenvalue weighted by Crippen LogP contribution is 2.27. The number of carbonyl (C=O) groups is 2. The van der Waals surface area contributed by atoms with E-state index in [2.05, 4.69) is 15.6 Å². The summed E-state index contributed by atoms with van der Waals surface area (Å²) in [7, 11) is 0. The monoisotopic (exact) mass is 444 g/mol. The summed E-state index contributed by atoms with van der Waals surface area (Å²) in [5, 5.41) is 7.69. The summed E-state index contributed by atoms with van der Waals surface area (Å²) in [5.74, 6) is 0.000999. The minimum Gasteiger partial charge on any atom is -0.347 e. The second-order valence-corrected chi connectivity index (χ2v) is 7.48. The van der Waals surface area contributed by atoms with E-state index in [4.69, 9.17) is 5.73 Å². The van der Waals surface area contributed by atoms with Gasteiger partial charge >= 0.3 is 0 Å². The molecule has 0 spiro atoms. The van der Waals surface area contributed by atoms with Gasteiger partial charge in [0.25, 0.3) is 11.8 Å². The SMILES string of the molecule is Cl.Cl.NCC(NC(=O)c1sccc1NC(=O)c1ccncc1)C1CCCCC1. The van der Waals surface area contributed by atoms with Crippen LogP contribution in [0.5, 0.6) is 0 Å². The Hall–Kier alpha value is -1.67. The molecular formula is C19H26Cl2N4O2S. The first kappa shape index (κ1) is 24.4. The molecule has 0 aromatic carbocycles. The molecule has 154 valence electrons. The van der Waals surface area contributed by atoms with Gasteiger partial charge in [-0.2, -0.15) is 0 Å². The number of pyridine rings is 1. The van der Waals surface area contributed by atoms with Crippen LogP contribution in [0.2, 0.25) is 0 Å². The molecule has 1 unspecified atom stereocenters. The molecule has 0 bridgehead atoms. The van der Waals surface area contributed by atoms with Gasteiger partial charge < -0.3 is 16.4 Å². The standard InChI is InChI=1S/C19H24N4O2S.2ClH/c20-12-16(13-4-2-1-3-5-13)23-19(25)17-15(8-11-26-17)22-18(24)14-6-9-21-10-7-14;;/h6-11,13,16H,1-5,12,20H2,(H,22,24)(H,23,25);2*1H. The van der Waals surface area contributed by atoms with Crippen molar-refractivity contribution in [3.8, 4) is 0 Å². The second kappa shape index (κ2) is 12.0. The molecule has 1 aliphatic carbocycles. The van der Waals surface area contributed by atoms with E-state index in [1.54, 1.807) is 36.0 Å². The number of anilines is 1. The Labute approximate surface area is 181 Å². The molecule has 1 atom stereocenters. The maximum atomic E-state index is 12.7. The lowest BCUT2D eigenvalue weighted by Gasteiger charge is -2.30. The van der Waals surface area contributed by atoms with Crippen LogP contribution in [0.25, 0.3) is 0 Å². The summed E-state index contributed by atoms with van der Waals surface area (Å²) in [4.78, 5) is 29.5. The van der Waals surface area contributed by atoms with Crippen molar-refractivity contribution in [2.45, 2.75) is 38.1 Å². The predicted molar refractivity (Wildman–Crippen MR) is 118 cm³/mol. The number of aromatic nitrogens is 1. The van der Waals surface area contributed by atoms with Gasteiger partial charge in [-0.05, 0) is 42.3 Å². The first-order valence-corrected chi connectivity index (χ1v) is 9.87. The zero-order valence-corrected chi connectivity index (χ0v) is 17.9. The summed E-state index contributed by atoms with van der Waals surface area (Å²) in [6.45, 7) is 0.431. The fourth-order valence-corrected chi connectivity index (χ4v) is 4.17. The van der Waals surface area contributed by atoms with E-state index in [1.165, 1.54) is 30.6 Å². The summed E-state index contributed by atoms with van der Waals surface area (Å²) in [5.41, 5.74) is 6.93. The van der Waals surface area contributed by atoms with Crippen LogP contribution in [0.3, 0.4) is 0 Å². The number of nitrogens with one attached hydrogen (secondary N) is 2. The lowest BCUT2D eigenvalue weighted by Crippen LogP contribution is -2.45. The first-order chi connectivity index (χ1) is 12.7. The average Bonchev–Trinajstić information content (AvgIpc) is 3.15. The Morgan fingerprint density at radius 3 is 2.43 bits per heavy atom. The highest BCUT2D eigenvalue weighted by atomic mass is 35.5. The number of thiophene rings is 1. The van der Waals surface area contributed by atoms with Gasteiger partial charge in [-0.1, -0.05) is 19.3 Å². The molecule has 0 radical (unpaired) electrons. The smallest absolute Gasteiger partial charge is 0.263 e. The largest absolute Gasteiger partial charge is 0.347 e. The Kier molecular flexibility index (Phi) is 10.5. The lowest BCUT2D eigenvalue weighted by atomic mass is 9.84. The van der Waals surface area contributed by atoms with E-state index in [-0.39, 0.29) is 42.7 Å². The van der Waals surface area contributed by atoms with Crippen molar-refractivity contribution in [2.24, 2.45) is 11.7 Å². The maximum Gasteiger partial charge on any atom is 0.263 e. The molecule has 9 heteroatoms. The third-order valence-electron chi connectivity index (χ3n) is 4.85. The van der Waals surface area contributed by atoms with E-state index in [0.29, 0.717) is 28.6 Å². The summed E-state index contributed by atoms with van der Waals surface area (Å²) in [6.07, 6.45) is 9.00. The van der Waals surface area contributed by atoms with Crippen LogP contribution < -0.4 is 16.4 Å². The molecule has 1 fully saturated rings. The Morgan fingerprint density at radius 2 is 1.79 bits per heavy atom. The van der Waals surface area contributed by atoms with Crippen molar-refractivity contribution in [3.05, 3.63) is 46.4 Å². The summed E-state index contributed by atoms with van der Waals surface area (Å²) >= 11 is 1.31. The van der Waals surface area contributed by atoms with Crippen LogP contribution in [0, 0.1) is 5.92 Å². The van der Waals surface area contributed by atoms with Gasteiger partial charge in [-0.3, -0.25) is 14.6 Å². The molecule has 1 aliphatic rings. The zero-order valence-electron chi connectivity index (χ0n) is 15.4. The van der Waals surface area contributed by atoms with Crippen molar-refractivity contribution in [1.29, 1.82) is 0 Å². The third-order valence-corrected chi connectivity index (χ3v) is 5.76. The van der Waals surface area contributed by atoms with Crippen LogP contribution in [-0.4, -0.2) is 29.4 Å². The molecule has 28 heavy (non-hydrogen) atoms. The highest BCUT2D eigenvalue weighted by Gasteiger charge is 2.26. The normalized spacial score (nSPS) is 14.9. The number of halogens is 2. The van der Waals surface area contributed by atoms with Crippen molar-refractivity contribution in [1.82, 2.24) is 10.3 Å². The summed E-state index contributed by atoms with van der Waals surface area (Å²) in [6, 6.07) is 4.99. The number of carbonyl (C=O) groups excluding carboxylic acids is 2. The van der Waals surface area contributed by atoms with Crippen molar-refractivity contribution in [2.75, 3.05) is 11.9 Å². The molecule has 4 N–H and O–H groups in total. The third kappa shape index (κ3) is 6.17. The van der Waals surface area contributed by atoms with Crippen molar-refractivity contribution < 1.29 is 9.59 Å². The molecule has 2 heterocycles. The number of amides is 2. The Bertz CT molecular complexity index is 751. The molecule has 2 aromatic rings. The summed E-state index contributed by atoms with van der Waals surface area (Å²) < 4.78 is 0. The number of nitrogens with zero attached hydrogens (tertiary/aromatic N) is 1. The number of hydrogen-bond donors (Lipinski definition) is 3. The molecule has 2 aromatic heterocycles. The first-order valence-electron chi connectivity index (χ1n) is 8.99. The van der Waals surface area contributed by atoms with Crippen molar-refractivity contribution >= 4 is 53.7 Å². The number of nitrogens with two attached hydrogens (primary N) is 1. The molecule has 0 aliphatic heterocycles. The van der Waals surface area contributed by atoms with Crippen LogP contribution in [-0.2, 0) is 0 Å². The van der Waals surface area contributed by atoms with Gasteiger partial charge in [0.2, 0.25) is 0 Å². The molecule has 2 amide bonds. The van der Waals surface area contributed by atoms with Gasteiger partial charge in [0, 0.05) is 30.5 Å². The fraction of sp³-hybridized carbons (Fsp3) is 0.421. The number of hydrogen-bond acceptors (Lipinski definition) is 5. The van der Waals surface area contributed by atoms with E-state index in [9.17, 15) is 9.59 Å². The van der Waals surface area contributed by atoms with Crippen LogP contribution in [0.4, 0.5) is 5.69 Å². The van der Waals surface area contributed by atoms with Crippen LogP contribution in [0.15, 0.2) is 36.0 Å². The van der Waals surface area contributed by atoms with Gasteiger partial charge in [-0.25, -0.2) is 0 Å². The van der Waals surface area contributed by atoms with Crippen molar-refractivity contribution in [3.63, 3.8) is 0 Å². The molecule has 3 rings (SSSR count). The van der Waals surface area contributed by atoms with E-state index < -0.39 is 0 Å². The highest BCUT2D eigenvalue weighted by molar-refractivity contribution is 7.12. The number of rotatable bonds is 6. The van der Waals surface area contributed by atoms with Gasteiger partial charge in [0.1, 0.15) is 4.88 Å². The Morgan fingerprint density at radius 1 is 1.11 bits per heavy atom.